The first-order valence-electron chi connectivity index (χ1n) is 5.46. The highest BCUT2D eigenvalue weighted by Crippen LogP contribution is 2.22. The average molecular weight is 226 g/mol. The predicted octanol–water partition coefficient (Wildman–Crippen LogP) is 1.47. The Bertz CT molecular complexity index is 268. The van der Waals surface area contributed by atoms with E-state index < -0.39 is 0 Å². The lowest BCUT2D eigenvalue weighted by molar-refractivity contribution is 0.132. The Balaban J connectivity index is 2.04. The summed E-state index contributed by atoms with van der Waals surface area (Å²) in [4.78, 5) is 2.44. The van der Waals surface area contributed by atoms with Crippen molar-refractivity contribution in [2.45, 2.75) is 12.5 Å². The Morgan fingerprint density at radius 2 is 2.40 bits per heavy atom. The molecule has 1 aromatic heterocycles. The van der Waals surface area contributed by atoms with Crippen molar-refractivity contribution in [2.75, 3.05) is 32.8 Å². The Kier molecular flexibility index (Phi) is 4.14. The third-order valence-corrected chi connectivity index (χ3v) is 3.55. The quantitative estimate of drug-likeness (QED) is 0.848. The zero-order valence-electron chi connectivity index (χ0n) is 8.89. The number of nitrogens with zero attached hydrogens (tertiary/aromatic N) is 1. The van der Waals surface area contributed by atoms with Crippen LogP contribution in [0.1, 0.15) is 18.0 Å². The van der Waals surface area contributed by atoms with E-state index in [9.17, 15) is 0 Å². The van der Waals surface area contributed by atoms with Crippen LogP contribution in [0.4, 0.5) is 0 Å². The van der Waals surface area contributed by atoms with Crippen LogP contribution in [-0.2, 0) is 4.74 Å². The molecule has 1 atom stereocenters. The summed E-state index contributed by atoms with van der Waals surface area (Å²) in [6.07, 6.45) is 1.11. The first kappa shape index (κ1) is 11.1. The molecule has 0 radical (unpaired) electrons. The van der Waals surface area contributed by atoms with E-state index >= 15 is 0 Å². The monoisotopic (exact) mass is 226 g/mol. The molecule has 2 heterocycles. The van der Waals surface area contributed by atoms with Crippen LogP contribution in [0.15, 0.2) is 16.8 Å². The maximum absolute atomic E-state index is 5.87. The maximum atomic E-state index is 5.87. The van der Waals surface area contributed by atoms with Crippen LogP contribution in [0, 0.1) is 0 Å². The first-order valence-corrected chi connectivity index (χ1v) is 6.40. The largest absolute Gasteiger partial charge is 0.380 e. The molecule has 0 aliphatic carbocycles. The van der Waals surface area contributed by atoms with Crippen molar-refractivity contribution in [3.8, 4) is 0 Å². The fraction of sp³-hybridized carbons (Fsp3) is 0.636. The lowest BCUT2D eigenvalue weighted by atomic mass is 10.1. The molecule has 0 saturated carbocycles. The summed E-state index contributed by atoms with van der Waals surface area (Å²) in [5.41, 5.74) is 7.22. The number of hydrogen-bond donors (Lipinski definition) is 1. The van der Waals surface area contributed by atoms with Crippen molar-refractivity contribution in [1.29, 1.82) is 0 Å². The summed E-state index contributed by atoms with van der Waals surface area (Å²) in [7, 11) is 0. The van der Waals surface area contributed by atoms with E-state index in [4.69, 9.17) is 10.5 Å². The Labute approximate surface area is 94.8 Å². The predicted molar refractivity (Wildman–Crippen MR) is 63.1 cm³/mol. The lowest BCUT2D eigenvalue weighted by Gasteiger charge is -2.28. The van der Waals surface area contributed by atoms with E-state index in [1.165, 1.54) is 5.56 Å². The molecule has 4 heteroatoms. The molecular formula is C11H18N2OS. The van der Waals surface area contributed by atoms with E-state index in [0.717, 1.165) is 32.7 Å². The topological polar surface area (TPSA) is 38.5 Å². The van der Waals surface area contributed by atoms with Gasteiger partial charge >= 0.3 is 0 Å². The van der Waals surface area contributed by atoms with Gasteiger partial charge in [-0.3, -0.25) is 4.90 Å². The van der Waals surface area contributed by atoms with Gasteiger partial charge in [-0.15, -0.1) is 0 Å². The summed E-state index contributed by atoms with van der Waals surface area (Å²) >= 11 is 1.74. The van der Waals surface area contributed by atoms with E-state index in [1.54, 1.807) is 11.3 Å². The van der Waals surface area contributed by atoms with Gasteiger partial charge in [0.25, 0.3) is 0 Å². The molecule has 1 fully saturated rings. The number of hydrogen-bond acceptors (Lipinski definition) is 4. The van der Waals surface area contributed by atoms with Crippen LogP contribution in [0.3, 0.4) is 0 Å². The van der Waals surface area contributed by atoms with Crippen molar-refractivity contribution < 1.29 is 4.74 Å². The van der Waals surface area contributed by atoms with Gasteiger partial charge in [0.2, 0.25) is 0 Å². The number of ether oxygens (including phenoxy) is 1. The highest BCUT2D eigenvalue weighted by atomic mass is 32.1. The second-order valence-electron chi connectivity index (χ2n) is 3.81. The Morgan fingerprint density at radius 3 is 3.13 bits per heavy atom. The molecule has 1 saturated heterocycles. The Hall–Kier alpha value is -0.420. The average Bonchev–Trinajstić information content (AvgIpc) is 2.63. The second kappa shape index (κ2) is 5.61. The molecule has 0 aromatic carbocycles. The van der Waals surface area contributed by atoms with Gasteiger partial charge < -0.3 is 10.5 Å². The van der Waals surface area contributed by atoms with Crippen LogP contribution in [0.2, 0.25) is 0 Å². The molecule has 3 nitrogen and oxygen atoms in total. The molecule has 1 unspecified atom stereocenters. The second-order valence-corrected chi connectivity index (χ2v) is 4.59. The van der Waals surface area contributed by atoms with E-state index in [1.807, 2.05) is 0 Å². The zero-order valence-corrected chi connectivity index (χ0v) is 9.71. The van der Waals surface area contributed by atoms with Crippen molar-refractivity contribution in [2.24, 2.45) is 5.73 Å². The maximum Gasteiger partial charge on any atom is 0.0593 e. The van der Waals surface area contributed by atoms with Crippen molar-refractivity contribution in [3.05, 3.63) is 22.4 Å². The van der Waals surface area contributed by atoms with Crippen molar-refractivity contribution in [1.82, 2.24) is 4.90 Å². The van der Waals surface area contributed by atoms with Crippen LogP contribution in [-0.4, -0.2) is 37.7 Å². The van der Waals surface area contributed by atoms with E-state index in [2.05, 4.69) is 21.7 Å². The molecule has 2 rings (SSSR count). The number of thiophene rings is 1. The van der Waals surface area contributed by atoms with Gasteiger partial charge in [-0.25, -0.2) is 0 Å². The highest BCUT2D eigenvalue weighted by molar-refractivity contribution is 7.07. The lowest BCUT2D eigenvalue weighted by Crippen LogP contribution is -2.35. The molecule has 1 aliphatic rings. The zero-order chi connectivity index (χ0) is 10.5. The molecule has 0 amide bonds. The first-order chi connectivity index (χ1) is 7.42. The standard InChI is InChI=1S/C11H18N2OS/c12-8-11(10-2-7-15-9-10)13-3-1-5-14-6-4-13/h2,7,9,11H,1,3-6,8,12H2. The summed E-state index contributed by atoms with van der Waals surface area (Å²) < 4.78 is 5.46. The van der Waals surface area contributed by atoms with Crippen LogP contribution < -0.4 is 5.73 Å². The summed E-state index contributed by atoms with van der Waals surface area (Å²) in [6.45, 7) is 4.50. The van der Waals surface area contributed by atoms with Crippen molar-refractivity contribution in [3.63, 3.8) is 0 Å². The Morgan fingerprint density at radius 1 is 1.47 bits per heavy atom. The molecule has 0 spiro atoms. The third-order valence-electron chi connectivity index (χ3n) is 2.85. The van der Waals surface area contributed by atoms with Gasteiger partial charge in [-0.05, 0) is 28.8 Å². The fourth-order valence-corrected chi connectivity index (χ4v) is 2.74. The van der Waals surface area contributed by atoms with E-state index in [0.29, 0.717) is 12.6 Å². The molecule has 1 aliphatic heterocycles. The summed E-state index contributed by atoms with van der Waals surface area (Å²) in [5, 5.41) is 4.32. The molecule has 1 aromatic rings. The van der Waals surface area contributed by atoms with Gasteiger partial charge in [0.15, 0.2) is 0 Å². The molecule has 2 N–H and O–H groups in total. The SMILES string of the molecule is NCC(c1ccsc1)N1CCCOCC1. The molecule has 0 bridgehead atoms. The fourth-order valence-electron chi connectivity index (χ4n) is 2.04. The minimum atomic E-state index is 0.373. The molecule has 84 valence electrons. The smallest absolute Gasteiger partial charge is 0.0593 e. The van der Waals surface area contributed by atoms with E-state index in [-0.39, 0.29) is 0 Å². The van der Waals surface area contributed by atoms with Gasteiger partial charge in [0.05, 0.1) is 6.61 Å². The third kappa shape index (κ3) is 2.78. The van der Waals surface area contributed by atoms with Gasteiger partial charge in [0, 0.05) is 32.3 Å². The van der Waals surface area contributed by atoms with Crippen LogP contribution >= 0.6 is 11.3 Å². The number of rotatable bonds is 3. The van der Waals surface area contributed by atoms with Crippen LogP contribution in [0.5, 0.6) is 0 Å². The molecule has 15 heavy (non-hydrogen) atoms. The van der Waals surface area contributed by atoms with Crippen LogP contribution in [0.25, 0.3) is 0 Å². The number of nitrogens with two attached hydrogens (primary N) is 1. The summed E-state index contributed by atoms with van der Waals surface area (Å²) in [6, 6.07) is 2.55. The highest BCUT2D eigenvalue weighted by Gasteiger charge is 2.20. The summed E-state index contributed by atoms with van der Waals surface area (Å²) in [5.74, 6) is 0. The minimum Gasteiger partial charge on any atom is -0.380 e. The minimum absolute atomic E-state index is 0.373. The van der Waals surface area contributed by atoms with Crippen molar-refractivity contribution >= 4 is 11.3 Å². The molecular weight excluding hydrogens is 208 g/mol. The van der Waals surface area contributed by atoms with Gasteiger partial charge in [0.1, 0.15) is 0 Å². The van der Waals surface area contributed by atoms with Gasteiger partial charge in [-0.1, -0.05) is 0 Å². The normalized spacial score (nSPS) is 21.1. The van der Waals surface area contributed by atoms with Gasteiger partial charge in [-0.2, -0.15) is 11.3 Å².